The molecule has 8 aliphatic rings. The maximum Gasteiger partial charge on any atom is 0.179 e. The molecular formula is C36H32N4+2. The van der Waals surface area contributed by atoms with Gasteiger partial charge in [0, 0.05) is 46.8 Å². The van der Waals surface area contributed by atoms with Crippen LogP contribution in [-0.4, -0.2) is 46.1 Å². The van der Waals surface area contributed by atoms with E-state index in [2.05, 4.69) is 131 Å². The van der Waals surface area contributed by atoms with Gasteiger partial charge in [0.15, 0.2) is 25.2 Å². The smallest absolute Gasteiger partial charge is 0.179 e. The average Bonchev–Trinajstić information content (AvgIpc) is 3.00. The highest BCUT2D eigenvalue weighted by Crippen LogP contribution is 2.47. The molecule has 0 fully saturated rings. The molecule has 0 saturated heterocycles. The van der Waals surface area contributed by atoms with E-state index in [9.17, 15) is 0 Å². The lowest BCUT2D eigenvalue weighted by Gasteiger charge is -2.42. The Morgan fingerprint density at radius 1 is 0.575 bits per heavy atom. The largest absolute Gasteiger partial charge is 0.261 e. The van der Waals surface area contributed by atoms with Crippen molar-refractivity contribution < 1.29 is 9.15 Å². The minimum absolute atomic E-state index is 0.366. The zero-order valence-corrected chi connectivity index (χ0v) is 22.4. The van der Waals surface area contributed by atoms with E-state index >= 15 is 0 Å². The average molecular weight is 521 g/mol. The molecule has 0 N–H and O–H groups in total. The van der Waals surface area contributed by atoms with E-state index in [0.717, 1.165) is 13.1 Å². The van der Waals surface area contributed by atoms with E-state index in [-0.39, 0.29) is 0 Å². The van der Waals surface area contributed by atoms with Gasteiger partial charge in [0.1, 0.15) is 12.4 Å². The van der Waals surface area contributed by atoms with E-state index in [1.165, 1.54) is 33.7 Å². The van der Waals surface area contributed by atoms with Gasteiger partial charge in [-0.3, -0.25) is 9.98 Å². The summed E-state index contributed by atoms with van der Waals surface area (Å²) in [6, 6.07) is 10.0. The van der Waals surface area contributed by atoms with Gasteiger partial charge < -0.3 is 0 Å². The lowest BCUT2D eigenvalue weighted by Crippen LogP contribution is -2.49. The Morgan fingerprint density at radius 3 is 1.60 bits per heavy atom. The summed E-state index contributed by atoms with van der Waals surface area (Å²) < 4.78 is 5.17. The number of allylic oxidation sites excluding steroid dienone is 12. The van der Waals surface area contributed by atoms with Crippen LogP contribution in [0.1, 0.15) is 11.1 Å². The first-order valence-electron chi connectivity index (χ1n) is 14.7. The van der Waals surface area contributed by atoms with Crippen molar-refractivity contribution >= 4 is 24.9 Å². The number of hydrogen-bond donors (Lipinski definition) is 0. The van der Waals surface area contributed by atoms with Crippen molar-refractivity contribution in [2.75, 3.05) is 0 Å². The van der Waals surface area contributed by atoms with Gasteiger partial charge in [0.05, 0.1) is 23.7 Å². The first-order chi connectivity index (χ1) is 19.8. The summed E-state index contributed by atoms with van der Waals surface area (Å²) in [6.45, 7) is 1.83. The Morgan fingerprint density at radius 2 is 1.07 bits per heavy atom. The molecule has 8 atom stereocenters. The Labute approximate surface area is 235 Å². The van der Waals surface area contributed by atoms with Gasteiger partial charge in [-0.1, -0.05) is 66.8 Å². The molecule has 1 aromatic rings. The molecule has 4 heterocycles. The third-order valence-electron chi connectivity index (χ3n) is 10.1. The second kappa shape index (κ2) is 8.66. The molecule has 0 radical (unpaired) electrons. The van der Waals surface area contributed by atoms with Crippen molar-refractivity contribution in [3.05, 3.63) is 131 Å². The fourth-order valence-corrected chi connectivity index (χ4v) is 8.46. The molecule has 40 heavy (non-hydrogen) atoms. The third kappa shape index (κ3) is 3.38. The number of rotatable bonds is 4. The molecule has 8 unspecified atom stereocenters. The fraction of sp³-hybridized carbons (Fsp3) is 0.278. The van der Waals surface area contributed by atoms with Crippen LogP contribution in [0.4, 0.5) is 0 Å². The third-order valence-corrected chi connectivity index (χ3v) is 10.1. The number of hydrogen-bond acceptors (Lipinski definition) is 2. The Balaban J connectivity index is 1.02. The standard InChI is InChI=1S/C36H32N4/c1-6-23(19-39-21-27-10-2-12-29-33(27)35-25(17-37-29)8-4-14-31(35)39)16-24(7-1)20-40-22-28-11-3-13-30-34(28)36-26(18-38-30)9-5-15-32(36)40/h1-18,21-22,27-28,31-36H,19-20H2/q+2. The van der Waals surface area contributed by atoms with Gasteiger partial charge in [0.2, 0.25) is 0 Å². The minimum atomic E-state index is 0.366. The monoisotopic (exact) mass is 520 g/mol. The normalized spacial score (nSPS) is 36.5. The summed E-state index contributed by atoms with van der Waals surface area (Å²) in [5, 5.41) is 0. The van der Waals surface area contributed by atoms with Crippen LogP contribution in [0.5, 0.6) is 0 Å². The zero-order valence-electron chi connectivity index (χ0n) is 22.4. The van der Waals surface area contributed by atoms with Crippen molar-refractivity contribution in [3.8, 4) is 0 Å². The van der Waals surface area contributed by atoms with E-state index in [0.29, 0.717) is 47.6 Å². The summed E-state index contributed by atoms with van der Waals surface area (Å²) in [6.07, 6.45) is 36.4. The first-order valence-corrected chi connectivity index (χ1v) is 14.7. The quantitative estimate of drug-likeness (QED) is 0.477. The van der Waals surface area contributed by atoms with E-state index in [4.69, 9.17) is 9.98 Å². The molecule has 4 heteroatoms. The molecule has 0 saturated carbocycles. The Hall–Kier alpha value is -4.18. The lowest BCUT2D eigenvalue weighted by atomic mass is 9.66. The summed E-state index contributed by atoms with van der Waals surface area (Å²) in [4.78, 5) is 9.62. The van der Waals surface area contributed by atoms with Crippen molar-refractivity contribution in [2.24, 2.45) is 45.5 Å². The maximum atomic E-state index is 4.81. The summed E-state index contributed by atoms with van der Waals surface area (Å²) in [7, 11) is 0. The number of benzene rings is 1. The topological polar surface area (TPSA) is 30.7 Å². The van der Waals surface area contributed by atoms with Gasteiger partial charge in [0.25, 0.3) is 0 Å². The van der Waals surface area contributed by atoms with Crippen LogP contribution in [0.3, 0.4) is 0 Å². The van der Waals surface area contributed by atoms with E-state index in [1.807, 2.05) is 0 Å². The van der Waals surface area contributed by atoms with Crippen LogP contribution in [0.2, 0.25) is 0 Å². The molecule has 0 aromatic heterocycles. The molecule has 4 aliphatic heterocycles. The predicted octanol–water partition coefficient (Wildman–Crippen LogP) is 5.38. The highest BCUT2D eigenvalue weighted by atomic mass is 15.1. The first kappa shape index (κ1) is 22.6. The van der Waals surface area contributed by atoms with Gasteiger partial charge in [-0.2, -0.15) is 0 Å². The SMILES string of the molecule is C1=CC2C=[N+](Cc3cccc(C[N+]4=CC5C=CC=C6N=CC7=CC=CC4C7C65)c3)C3C=CC=C4C=NC(=C1)C2C43. The fourth-order valence-electron chi connectivity index (χ4n) is 8.46. The predicted molar refractivity (Wildman–Crippen MR) is 161 cm³/mol. The van der Waals surface area contributed by atoms with Crippen LogP contribution in [0.25, 0.3) is 0 Å². The molecule has 0 spiro atoms. The van der Waals surface area contributed by atoms with Crippen LogP contribution < -0.4 is 0 Å². The molecule has 4 aliphatic carbocycles. The lowest BCUT2D eigenvalue weighted by molar-refractivity contribution is -0.581. The molecule has 4 nitrogen and oxygen atoms in total. The van der Waals surface area contributed by atoms with E-state index < -0.39 is 0 Å². The minimum Gasteiger partial charge on any atom is -0.261 e. The molecule has 0 bridgehead atoms. The summed E-state index contributed by atoms with van der Waals surface area (Å²) in [5.41, 5.74) is 7.97. The maximum absolute atomic E-state index is 4.81. The molecule has 1 aromatic carbocycles. The number of nitrogens with zero attached hydrogens (tertiary/aromatic N) is 4. The van der Waals surface area contributed by atoms with Crippen LogP contribution in [0.15, 0.2) is 130 Å². The number of aliphatic imine (C=N–C) groups is 2. The molecule has 9 rings (SSSR count). The second-order valence-electron chi connectivity index (χ2n) is 12.3. The van der Waals surface area contributed by atoms with Crippen LogP contribution >= 0.6 is 0 Å². The second-order valence-corrected chi connectivity index (χ2v) is 12.3. The zero-order chi connectivity index (χ0) is 26.2. The Bertz CT molecular complexity index is 1580. The van der Waals surface area contributed by atoms with Crippen molar-refractivity contribution in [1.29, 1.82) is 0 Å². The highest BCUT2D eigenvalue weighted by Gasteiger charge is 2.50. The highest BCUT2D eigenvalue weighted by molar-refractivity contribution is 5.85. The molecule has 0 amide bonds. The van der Waals surface area contributed by atoms with Gasteiger partial charge in [-0.15, -0.1) is 0 Å². The van der Waals surface area contributed by atoms with E-state index in [1.54, 1.807) is 0 Å². The van der Waals surface area contributed by atoms with Crippen LogP contribution in [0, 0.1) is 35.5 Å². The van der Waals surface area contributed by atoms with Crippen LogP contribution in [-0.2, 0) is 13.1 Å². The van der Waals surface area contributed by atoms with Crippen molar-refractivity contribution in [2.45, 2.75) is 25.2 Å². The Kier molecular flexibility index (Phi) is 4.90. The van der Waals surface area contributed by atoms with Crippen molar-refractivity contribution in [3.63, 3.8) is 0 Å². The van der Waals surface area contributed by atoms with Gasteiger partial charge >= 0.3 is 0 Å². The van der Waals surface area contributed by atoms with Gasteiger partial charge in [-0.25, -0.2) is 9.15 Å². The molecular weight excluding hydrogens is 488 g/mol. The summed E-state index contributed by atoms with van der Waals surface area (Å²) >= 11 is 0. The van der Waals surface area contributed by atoms with Crippen molar-refractivity contribution in [1.82, 2.24) is 0 Å². The summed E-state index contributed by atoms with van der Waals surface area (Å²) in [5.74, 6) is 2.64. The van der Waals surface area contributed by atoms with Gasteiger partial charge in [-0.05, 0) is 41.5 Å². The molecule has 194 valence electrons.